The smallest absolute Gasteiger partial charge is 0.408 e. The SMILES string of the molecule is N/C(=N\O)c1cnn(CC(F)(F)F)c1. The average molecular weight is 208 g/mol. The van der Waals surface area contributed by atoms with Crippen LogP contribution in [0.4, 0.5) is 13.2 Å². The van der Waals surface area contributed by atoms with Crippen molar-refractivity contribution in [1.82, 2.24) is 9.78 Å². The van der Waals surface area contributed by atoms with Gasteiger partial charge in [-0.25, -0.2) is 0 Å². The predicted octanol–water partition coefficient (Wildman–Crippen LogP) is 0.540. The lowest BCUT2D eigenvalue weighted by Gasteiger charge is -2.04. The van der Waals surface area contributed by atoms with E-state index in [1.54, 1.807) is 0 Å². The lowest BCUT2D eigenvalue weighted by Crippen LogP contribution is -2.18. The van der Waals surface area contributed by atoms with Crippen LogP contribution in [0.5, 0.6) is 0 Å². The molecule has 0 saturated heterocycles. The monoisotopic (exact) mass is 208 g/mol. The van der Waals surface area contributed by atoms with E-state index in [1.165, 1.54) is 0 Å². The van der Waals surface area contributed by atoms with E-state index >= 15 is 0 Å². The van der Waals surface area contributed by atoms with Gasteiger partial charge in [0, 0.05) is 6.20 Å². The maximum Gasteiger partial charge on any atom is 0.408 e. The molecule has 0 bridgehead atoms. The number of amidine groups is 1. The van der Waals surface area contributed by atoms with Gasteiger partial charge in [0.05, 0.1) is 11.8 Å². The molecule has 1 aromatic heterocycles. The van der Waals surface area contributed by atoms with E-state index in [0.29, 0.717) is 4.68 Å². The lowest BCUT2D eigenvalue weighted by atomic mass is 10.3. The second-order valence-corrected chi connectivity index (χ2v) is 2.53. The van der Waals surface area contributed by atoms with E-state index in [-0.39, 0.29) is 11.4 Å². The Kier molecular flexibility index (Phi) is 2.63. The summed E-state index contributed by atoms with van der Waals surface area (Å²) in [7, 11) is 0. The van der Waals surface area contributed by atoms with Gasteiger partial charge in [0.1, 0.15) is 6.54 Å². The fourth-order valence-corrected chi connectivity index (χ4v) is 0.824. The molecule has 0 atom stereocenters. The molecule has 78 valence electrons. The van der Waals surface area contributed by atoms with Gasteiger partial charge in [-0.3, -0.25) is 4.68 Å². The largest absolute Gasteiger partial charge is 0.409 e. The molecule has 5 nitrogen and oxygen atoms in total. The first-order valence-corrected chi connectivity index (χ1v) is 3.49. The number of hydrogen-bond acceptors (Lipinski definition) is 3. The van der Waals surface area contributed by atoms with E-state index in [1.807, 2.05) is 0 Å². The molecule has 14 heavy (non-hydrogen) atoms. The van der Waals surface area contributed by atoms with E-state index < -0.39 is 12.7 Å². The molecule has 0 saturated carbocycles. The molecule has 0 unspecified atom stereocenters. The number of nitrogens with zero attached hydrogens (tertiary/aromatic N) is 3. The summed E-state index contributed by atoms with van der Waals surface area (Å²) in [5, 5.41) is 14.3. The number of hydrogen-bond donors (Lipinski definition) is 2. The van der Waals surface area contributed by atoms with Gasteiger partial charge in [0.2, 0.25) is 0 Å². The summed E-state index contributed by atoms with van der Waals surface area (Å²) < 4.78 is 36.2. The number of aromatic nitrogens is 2. The van der Waals surface area contributed by atoms with Crippen molar-refractivity contribution in [3.05, 3.63) is 18.0 Å². The predicted molar refractivity (Wildman–Crippen MR) is 40.8 cm³/mol. The Morgan fingerprint density at radius 2 is 2.29 bits per heavy atom. The Morgan fingerprint density at radius 1 is 1.64 bits per heavy atom. The molecule has 0 fully saturated rings. The summed E-state index contributed by atoms with van der Waals surface area (Å²) >= 11 is 0. The Hall–Kier alpha value is -1.73. The van der Waals surface area contributed by atoms with Crippen molar-refractivity contribution in [3.63, 3.8) is 0 Å². The summed E-state index contributed by atoms with van der Waals surface area (Å²) in [6.45, 7) is -1.20. The third-order valence-corrected chi connectivity index (χ3v) is 1.38. The topological polar surface area (TPSA) is 76.4 Å². The summed E-state index contributed by atoms with van der Waals surface area (Å²) in [5.41, 5.74) is 5.27. The van der Waals surface area contributed by atoms with Crippen molar-refractivity contribution in [1.29, 1.82) is 0 Å². The number of halogens is 3. The van der Waals surface area contributed by atoms with Crippen LogP contribution in [0, 0.1) is 0 Å². The van der Waals surface area contributed by atoms with Gasteiger partial charge >= 0.3 is 6.18 Å². The zero-order chi connectivity index (χ0) is 10.8. The molecule has 0 amide bonds. The highest BCUT2D eigenvalue weighted by atomic mass is 19.4. The fourth-order valence-electron chi connectivity index (χ4n) is 0.824. The summed E-state index contributed by atoms with van der Waals surface area (Å²) in [6.07, 6.45) is -2.21. The van der Waals surface area contributed by atoms with Gasteiger partial charge in [-0.2, -0.15) is 18.3 Å². The minimum atomic E-state index is -4.34. The fraction of sp³-hybridized carbons (Fsp3) is 0.333. The van der Waals surface area contributed by atoms with Gasteiger partial charge in [0.25, 0.3) is 0 Å². The van der Waals surface area contributed by atoms with Crippen LogP contribution >= 0.6 is 0 Å². The number of oxime groups is 1. The zero-order valence-corrected chi connectivity index (χ0v) is 6.86. The molecule has 8 heteroatoms. The molecular weight excluding hydrogens is 201 g/mol. The molecule has 0 aliphatic carbocycles. The number of nitrogens with two attached hydrogens (primary N) is 1. The first-order chi connectivity index (χ1) is 6.42. The van der Waals surface area contributed by atoms with E-state index in [2.05, 4.69) is 10.3 Å². The van der Waals surface area contributed by atoms with Crippen molar-refractivity contribution < 1.29 is 18.4 Å². The van der Waals surface area contributed by atoms with Crippen LogP contribution in [0.2, 0.25) is 0 Å². The first-order valence-electron chi connectivity index (χ1n) is 3.49. The Bertz CT molecular complexity index is 343. The van der Waals surface area contributed by atoms with Crippen molar-refractivity contribution in [2.24, 2.45) is 10.9 Å². The van der Waals surface area contributed by atoms with Gasteiger partial charge < -0.3 is 10.9 Å². The minimum Gasteiger partial charge on any atom is -0.409 e. The van der Waals surface area contributed by atoms with Crippen molar-refractivity contribution in [2.45, 2.75) is 12.7 Å². The van der Waals surface area contributed by atoms with E-state index in [9.17, 15) is 13.2 Å². The molecule has 3 N–H and O–H groups in total. The van der Waals surface area contributed by atoms with Crippen LogP contribution in [0.15, 0.2) is 17.5 Å². The van der Waals surface area contributed by atoms with Crippen LogP contribution in [-0.4, -0.2) is 27.0 Å². The van der Waals surface area contributed by atoms with Gasteiger partial charge in [-0.1, -0.05) is 5.16 Å². The van der Waals surface area contributed by atoms with Gasteiger partial charge in [0.15, 0.2) is 5.84 Å². The van der Waals surface area contributed by atoms with Crippen LogP contribution < -0.4 is 5.73 Å². The Balaban J connectivity index is 2.79. The first kappa shape index (κ1) is 10.4. The summed E-state index contributed by atoms with van der Waals surface area (Å²) in [6, 6.07) is 0. The van der Waals surface area contributed by atoms with Crippen molar-refractivity contribution in [3.8, 4) is 0 Å². The second kappa shape index (κ2) is 3.56. The standard InChI is InChI=1S/C6H7F3N4O/c7-6(8,9)3-13-2-4(1-11-13)5(10)12-14/h1-2,14H,3H2,(H2,10,12). The zero-order valence-electron chi connectivity index (χ0n) is 6.86. The quantitative estimate of drug-likeness (QED) is 0.322. The second-order valence-electron chi connectivity index (χ2n) is 2.53. The molecule has 0 spiro atoms. The molecule has 1 rings (SSSR count). The maximum absolute atomic E-state index is 11.9. The van der Waals surface area contributed by atoms with Gasteiger partial charge in [-0.15, -0.1) is 0 Å². The minimum absolute atomic E-state index is 0.136. The lowest BCUT2D eigenvalue weighted by molar-refractivity contribution is -0.142. The van der Waals surface area contributed by atoms with Crippen LogP contribution in [0.1, 0.15) is 5.56 Å². The molecule has 1 aromatic rings. The highest BCUT2D eigenvalue weighted by molar-refractivity contribution is 5.96. The van der Waals surface area contributed by atoms with Crippen LogP contribution in [0.3, 0.4) is 0 Å². The highest BCUT2D eigenvalue weighted by Crippen LogP contribution is 2.16. The normalized spacial score (nSPS) is 13.2. The highest BCUT2D eigenvalue weighted by Gasteiger charge is 2.28. The van der Waals surface area contributed by atoms with E-state index in [4.69, 9.17) is 10.9 Å². The van der Waals surface area contributed by atoms with E-state index in [0.717, 1.165) is 12.4 Å². The Morgan fingerprint density at radius 3 is 2.79 bits per heavy atom. The van der Waals surface area contributed by atoms with Gasteiger partial charge in [-0.05, 0) is 0 Å². The summed E-state index contributed by atoms with van der Waals surface area (Å²) in [5.74, 6) is -0.279. The Labute approximate surface area is 76.6 Å². The maximum atomic E-state index is 11.9. The average Bonchev–Trinajstić information content (AvgIpc) is 2.48. The molecule has 0 aliphatic heterocycles. The molecule has 1 heterocycles. The third-order valence-electron chi connectivity index (χ3n) is 1.38. The number of rotatable bonds is 2. The van der Waals surface area contributed by atoms with Crippen LogP contribution in [0.25, 0.3) is 0 Å². The molecular formula is C6H7F3N4O. The molecule has 0 radical (unpaired) electrons. The number of alkyl halides is 3. The van der Waals surface area contributed by atoms with Crippen molar-refractivity contribution in [2.75, 3.05) is 0 Å². The molecule has 0 aliphatic rings. The molecule has 0 aromatic carbocycles. The third kappa shape index (κ3) is 2.64. The van der Waals surface area contributed by atoms with Crippen molar-refractivity contribution >= 4 is 5.84 Å². The summed E-state index contributed by atoms with van der Waals surface area (Å²) in [4.78, 5) is 0. The van der Waals surface area contributed by atoms with Crippen LogP contribution in [-0.2, 0) is 6.54 Å².